The van der Waals surface area contributed by atoms with Crippen molar-refractivity contribution in [1.29, 1.82) is 0 Å². The highest BCUT2D eigenvalue weighted by Gasteiger charge is 2.42. The minimum Gasteiger partial charge on any atom is -0.493 e. The van der Waals surface area contributed by atoms with Crippen molar-refractivity contribution in [2.45, 2.75) is 70.6 Å². The number of aliphatic hydroxyl groups is 2. The van der Waals surface area contributed by atoms with Crippen molar-refractivity contribution in [3.8, 4) is 11.5 Å². The Bertz CT molecular complexity index is 1020. The van der Waals surface area contributed by atoms with Crippen LogP contribution in [-0.2, 0) is 9.59 Å². The first-order valence-electron chi connectivity index (χ1n) is 13.3. The lowest BCUT2D eigenvalue weighted by Gasteiger charge is -2.43. The predicted molar refractivity (Wildman–Crippen MR) is 151 cm³/mol. The molecule has 1 aromatic rings. The summed E-state index contributed by atoms with van der Waals surface area (Å²) in [4.78, 5) is 39.6. The van der Waals surface area contributed by atoms with E-state index in [2.05, 4.69) is 5.32 Å². The molecule has 0 aliphatic heterocycles. The second-order valence-electron chi connectivity index (χ2n) is 10.3. The number of hydrogen-bond acceptors (Lipinski definition) is 7. The standard InChI is InChI=1S/C28H39IN2O7/c1-17(2)28(36)31(15-18-7-5-4-6-8-18)22-13-20(27(35)30-9-10-32)14-23(25(22)34)38-26-21(29)11-19(16-33)12-24(26)37-3/h11-12,14,16-18,22-23,25,32,34H,4-10,13,15H2,1-3H3,(H,30,35). The normalized spacial score (nSPS) is 22.0. The van der Waals surface area contributed by atoms with Gasteiger partial charge in [-0.3, -0.25) is 14.4 Å². The molecule has 3 atom stereocenters. The van der Waals surface area contributed by atoms with Crippen molar-refractivity contribution < 1.29 is 34.1 Å². The van der Waals surface area contributed by atoms with E-state index in [9.17, 15) is 24.6 Å². The molecule has 1 aromatic carbocycles. The van der Waals surface area contributed by atoms with Crippen LogP contribution in [-0.4, -0.2) is 78.3 Å². The lowest BCUT2D eigenvalue weighted by atomic mass is 9.85. The number of aldehydes is 1. The quantitative estimate of drug-likeness (QED) is 0.250. The van der Waals surface area contributed by atoms with Crippen molar-refractivity contribution in [3.63, 3.8) is 0 Å². The van der Waals surface area contributed by atoms with E-state index in [-0.39, 0.29) is 37.3 Å². The molecule has 1 saturated carbocycles. The van der Waals surface area contributed by atoms with Gasteiger partial charge in [0.05, 0.1) is 23.3 Å². The number of carbonyl (C=O) groups is 3. The number of carbonyl (C=O) groups excluding carboxylic acids is 3. The second-order valence-corrected chi connectivity index (χ2v) is 11.5. The van der Waals surface area contributed by atoms with E-state index in [1.165, 1.54) is 13.5 Å². The summed E-state index contributed by atoms with van der Waals surface area (Å²) in [5.41, 5.74) is 0.795. The number of rotatable bonds is 11. The Balaban J connectivity index is 2.00. The number of benzene rings is 1. The number of hydrogen-bond donors (Lipinski definition) is 3. The Morgan fingerprint density at radius 2 is 1.95 bits per heavy atom. The van der Waals surface area contributed by atoms with Gasteiger partial charge in [-0.15, -0.1) is 0 Å². The molecule has 2 aliphatic carbocycles. The van der Waals surface area contributed by atoms with E-state index in [4.69, 9.17) is 9.47 Å². The number of amides is 2. The zero-order valence-electron chi connectivity index (χ0n) is 22.3. The topological polar surface area (TPSA) is 125 Å². The summed E-state index contributed by atoms with van der Waals surface area (Å²) in [6, 6.07) is 2.52. The number of methoxy groups -OCH3 is 1. The Hall–Kier alpha value is -2.18. The van der Waals surface area contributed by atoms with Gasteiger partial charge in [0.2, 0.25) is 11.8 Å². The van der Waals surface area contributed by atoms with Gasteiger partial charge in [-0.2, -0.15) is 0 Å². The highest BCUT2D eigenvalue weighted by atomic mass is 127. The van der Waals surface area contributed by atoms with Crippen LogP contribution in [0.1, 0.15) is 62.7 Å². The third kappa shape index (κ3) is 7.47. The molecule has 38 heavy (non-hydrogen) atoms. The van der Waals surface area contributed by atoms with Crippen LogP contribution in [0.15, 0.2) is 23.8 Å². The Morgan fingerprint density at radius 3 is 2.55 bits per heavy atom. The fraction of sp³-hybridized carbons (Fsp3) is 0.607. The summed E-state index contributed by atoms with van der Waals surface area (Å²) in [7, 11) is 1.46. The first-order chi connectivity index (χ1) is 18.2. The van der Waals surface area contributed by atoms with Gasteiger partial charge in [0.15, 0.2) is 11.5 Å². The molecule has 0 bridgehead atoms. The molecule has 9 nitrogen and oxygen atoms in total. The maximum Gasteiger partial charge on any atom is 0.247 e. The van der Waals surface area contributed by atoms with E-state index in [1.807, 2.05) is 36.4 Å². The van der Waals surface area contributed by atoms with Gasteiger partial charge < -0.3 is 29.9 Å². The molecule has 2 aliphatic rings. The van der Waals surface area contributed by atoms with Gasteiger partial charge in [-0.25, -0.2) is 0 Å². The zero-order chi connectivity index (χ0) is 27.8. The second kappa shape index (κ2) is 14.3. The van der Waals surface area contributed by atoms with Crippen LogP contribution in [0.5, 0.6) is 11.5 Å². The molecular weight excluding hydrogens is 603 g/mol. The van der Waals surface area contributed by atoms with Crippen LogP contribution in [0.25, 0.3) is 0 Å². The summed E-state index contributed by atoms with van der Waals surface area (Å²) in [5.74, 6) is 0.274. The fourth-order valence-corrected chi connectivity index (χ4v) is 5.96. The van der Waals surface area contributed by atoms with Crippen LogP contribution in [0.4, 0.5) is 0 Å². The maximum absolute atomic E-state index is 13.5. The number of nitrogens with zero attached hydrogens (tertiary/aromatic N) is 1. The van der Waals surface area contributed by atoms with Gasteiger partial charge >= 0.3 is 0 Å². The van der Waals surface area contributed by atoms with Gasteiger partial charge in [0.25, 0.3) is 0 Å². The first-order valence-corrected chi connectivity index (χ1v) is 14.4. The molecule has 0 spiro atoms. The molecule has 210 valence electrons. The van der Waals surface area contributed by atoms with Crippen LogP contribution >= 0.6 is 22.6 Å². The van der Waals surface area contributed by atoms with Gasteiger partial charge in [0, 0.05) is 36.6 Å². The summed E-state index contributed by atoms with van der Waals surface area (Å²) in [5, 5.41) is 23.5. The van der Waals surface area contributed by atoms with E-state index in [0.717, 1.165) is 25.7 Å². The number of nitrogens with one attached hydrogen (secondary N) is 1. The number of halogens is 1. The lowest BCUT2D eigenvalue weighted by molar-refractivity contribution is -0.143. The van der Waals surface area contributed by atoms with E-state index >= 15 is 0 Å². The van der Waals surface area contributed by atoms with Crippen LogP contribution in [0, 0.1) is 15.4 Å². The monoisotopic (exact) mass is 642 g/mol. The molecular formula is C28H39IN2O7. The summed E-state index contributed by atoms with van der Waals surface area (Å²) in [6.07, 6.45) is 5.89. The summed E-state index contributed by atoms with van der Waals surface area (Å²) in [6.45, 7) is 4.08. The maximum atomic E-state index is 13.5. The molecule has 0 aromatic heterocycles. The van der Waals surface area contributed by atoms with E-state index < -0.39 is 18.2 Å². The predicted octanol–water partition coefficient (Wildman–Crippen LogP) is 3.09. The molecule has 1 fully saturated rings. The molecule has 3 unspecified atom stereocenters. The Morgan fingerprint density at radius 1 is 1.24 bits per heavy atom. The average Bonchev–Trinajstić information content (AvgIpc) is 2.92. The van der Waals surface area contributed by atoms with Gasteiger partial charge in [-0.1, -0.05) is 33.1 Å². The summed E-state index contributed by atoms with van der Waals surface area (Å²) >= 11 is 2.04. The molecule has 2 amide bonds. The number of ether oxygens (including phenoxy) is 2. The molecule has 0 radical (unpaired) electrons. The average molecular weight is 643 g/mol. The fourth-order valence-electron chi connectivity index (χ4n) is 5.21. The third-order valence-corrected chi connectivity index (χ3v) is 8.01. The van der Waals surface area contributed by atoms with Crippen molar-refractivity contribution in [2.75, 3.05) is 26.8 Å². The van der Waals surface area contributed by atoms with Gasteiger partial charge in [-0.05, 0) is 59.6 Å². The Kier molecular flexibility index (Phi) is 11.4. The molecule has 3 rings (SSSR count). The van der Waals surface area contributed by atoms with Gasteiger partial charge in [0.1, 0.15) is 18.5 Å². The largest absolute Gasteiger partial charge is 0.493 e. The molecule has 0 heterocycles. The van der Waals surface area contributed by atoms with E-state index in [0.29, 0.717) is 45.0 Å². The van der Waals surface area contributed by atoms with Crippen molar-refractivity contribution in [1.82, 2.24) is 10.2 Å². The molecule has 10 heteroatoms. The third-order valence-electron chi connectivity index (χ3n) is 7.21. The Labute approximate surface area is 238 Å². The SMILES string of the molecule is COc1cc(C=O)cc(I)c1OC1C=C(C(=O)NCCO)CC(N(CC2CCCCC2)C(=O)C(C)C)C1O. The first kappa shape index (κ1) is 30.4. The van der Waals surface area contributed by atoms with Crippen molar-refractivity contribution in [3.05, 3.63) is 32.9 Å². The highest BCUT2D eigenvalue weighted by molar-refractivity contribution is 14.1. The molecule has 3 N–H and O–H groups in total. The highest BCUT2D eigenvalue weighted by Crippen LogP contribution is 2.37. The zero-order valence-corrected chi connectivity index (χ0v) is 24.5. The van der Waals surface area contributed by atoms with Crippen LogP contribution in [0.3, 0.4) is 0 Å². The van der Waals surface area contributed by atoms with Crippen LogP contribution in [0.2, 0.25) is 0 Å². The minimum absolute atomic E-state index is 0.0714. The number of aliphatic hydroxyl groups excluding tert-OH is 2. The van der Waals surface area contributed by atoms with E-state index in [1.54, 1.807) is 23.1 Å². The summed E-state index contributed by atoms with van der Waals surface area (Å²) < 4.78 is 12.3. The smallest absolute Gasteiger partial charge is 0.247 e. The lowest BCUT2D eigenvalue weighted by Crippen LogP contribution is -2.57. The minimum atomic E-state index is -1.11. The van der Waals surface area contributed by atoms with Crippen molar-refractivity contribution >= 4 is 40.7 Å². The van der Waals surface area contributed by atoms with Crippen LogP contribution < -0.4 is 14.8 Å². The van der Waals surface area contributed by atoms with Crippen molar-refractivity contribution in [2.24, 2.45) is 11.8 Å². The molecule has 0 saturated heterocycles.